The van der Waals surface area contributed by atoms with E-state index < -0.39 is 0 Å². The SMILES string of the molecule is CCCCCCCCCC/C=C\B1OCCO1. The van der Waals surface area contributed by atoms with Crippen molar-refractivity contribution in [2.75, 3.05) is 13.2 Å². The molecule has 1 aliphatic heterocycles. The fraction of sp³-hybridized carbons (Fsp3) is 0.857. The molecule has 1 saturated heterocycles. The van der Waals surface area contributed by atoms with E-state index in [1.807, 2.05) is 5.98 Å². The second-order valence-electron chi connectivity index (χ2n) is 4.80. The molecule has 0 unspecified atom stereocenters. The molecule has 0 aromatic rings. The Bertz CT molecular complexity index is 189. The van der Waals surface area contributed by atoms with E-state index >= 15 is 0 Å². The summed E-state index contributed by atoms with van der Waals surface area (Å²) in [6.07, 6.45) is 14.4. The van der Waals surface area contributed by atoms with Crippen molar-refractivity contribution in [3.63, 3.8) is 0 Å². The molecule has 0 aromatic heterocycles. The molecule has 0 radical (unpaired) electrons. The van der Waals surface area contributed by atoms with Crippen molar-refractivity contribution in [2.45, 2.75) is 64.7 Å². The topological polar surface area (TPSA) is 18.5 Å². The fourth-order valence-corrected chi connectivity index (χ4v) is 2.09. The summed E-state index contributed by atoms with van der Waals surface area (Å²) >= 11 is 0. The molecule has 17 heavy (non-hydrogen) atoms. The maximum absolute atomic E-state index is 5.33. The van der Waals surface area contributed by atoms with Crippen LogP contribution in [0.2, 0.25) is 0 Å². The lowest BCUT2D eigenvalue weighted by Gasteiger charge is -2.00. The average Bonchev–Trinajstić information content (AvgIpc) is 2.85. The van der Waals surface area contributed by atoms with Gasteiger partial charge in [-0.2, -0.15) is 0 Å². The van der Waals surface area contributed by atoms with E-state index in [1.165, 1.54) is 51.4 Å². The molecule has 1 heterocycles. The van der Waals surface area contributed by atoms with Crippen molar-refractivity contribution in [1.82, 2.24) is 0 Å². The van der Waals surface area contributed by atoms with Crippen LogP contribution in [0.5, 0.6) is 0 Å². The van der Waals surface area contributed by atoms with Gasteiger partial charge in [0.2, 0.25) is 0 Å². The molecule has 2 nitrogen and oxygen atoms in total. The normalized spacial score (nSPS) is 16.2. The molecule has 0 saturated carbocycles. The van der Waals surface area contributed by atoms with Gasteiger partial charge in [-0.3, -0.25) is 0 Å². The Morgan fingerprint density at radius 1 is 0.882 bits per heavy atom. The Balaban J connectivity index is 1.77. The monoisotopic (exact) mass is 238 g/mol. The number of allylic oxidation sites excluding steroid dienone is 1. The van der Waals surface area contributed by atoms with E-state index in [0.29, 0.717) is 0 Å². The van der Waals surface area contributed by atoms with Gasteiger partial charge in [0, 0.05) is 0 Å². The Hall–Kier alpha value is -0.275. The highest BCUT2D eigenvalue weighted by molar-refractivity contribution is 6.51. The van der Waals surface area contributed by atoms with Crippen LogP contribution in [0.25, 0.3) is 0 Å². The first-order valence-electron chi connectivity index (χ1n) is 7.33. The van der Waals surface area contributed by atoms with Crippen molar-refractivity contribution in [1.29, 1.82) is 0 Å². The zero-order chi connectivity index (χ0) is 12.2. The molecule has 3 heteroatoms. The maximum atomic E-state index is 5.33. The van der Waals surface area contributed by atoms with Gasteiger partial charge in [0.1, 0.15) is 0 Å². The summed E-state index contributed by atoms with van der Waals surface area (Å²) in [6, 6.07) is 0. The molecule has 98 valence electrons. The second kappa shape index (κ2) is 10.9. The lowest BCUT2D eigenvalue weighted by atomic mass is 9.90. The van der Waals surface area contributed by atoms with Gasteiger partial charge in [0.15, 0.2) is 0 Å². The molecule has 0 bridgehead atoms. The molecule has 1 aliphatic rings. The zero-order valence-electron chi connectivity index (χ0n) is 11.3. The number of hydrogen-bond acceptors (Lipinski definition) is 2. The predicted octanol–water partition coefficient (Wildman–Crippen LogP) is 4.15. The first-order valence-corrected chi connectivity index (χ1v) is 7.33. The van der Waals surface area contributed by atoms with Crippen molar-refractivity contribution in [3.8, 4) is 0 Å². The van der Waals surface area contributed by atoms with Crippen molar-refractivity contribution in [2.24, 2.45) is 0 Å². The standard InChI is InChI=1S/C14H27BO2/c1-2-3-4-5-6-7-8-9-10-11-12-15-16-13-14-17-15/h11-12H,2-10,13-14H2,1H3/b12-11-. The summed E-state index contributed by atoms with van der Waals surface area (Å²) in [4.78, 5) is 0. The molecular weight excluding hydrogens is 211 g/mol. The van der Waals surface area contributed by atoms with Gasteiger partial charge in [0.05, 0.1) is 13.2 Å². The zero-order valence-corrected chi connectivity index (χ0v) is 11.3. The van der Waals surface area contributed by atoms with Crippen LogP contribution in [0.4, 0.5) is 0 Å². The fourth-order valence-electron chi connectivity index (χ4n) is 2.09. The molecule has 1 rings (SSSR count). The quantitative estimate of drug-likeness (QED) is 0.420. The van der Waals surface area contributed by atoms with E-state index in [9.17, 15) is 0 Å². The molecule has 0 amide bonds. The van der Waals surface area contributed by atoms with Crippen LogP contribution in [0.15, 0.2) is 12.1 Å². The van der Waals surface area contributed by atoms with Gasteiger partial charge in [0.25, 0.3) is 0 Å². The highest BCUT2D eigenvalue weighted by Crippen LogP contribution is 2.10. The average molecular weight is 238 g/mol. The number of unbranched alkanes of at least 4 members (excludes halogenated alkanes) is 8. The summed E-state index contributed by atoms with van der Waals surface area (Å²) in [5.74, 6) is 2.05. The third-order valence-electron chi connectivity index (χ3n) is 3.17. The third kappa shape index (κ3) is 8.45. The minimum Gasteiger partial charge on any atom is -0.405 e. The van der Waals surface area contributed by atoms with Crippen LogP contribution < -0.4 is 0 Å². The molecule has 0 aliphatic carbocycles. The van der Waals surface area contributed by atoms with Crippen LogP contribution in [0.1, 0.15) is 64.7 Å². The van der Waals surface area contributed by atoms with Crippen LogP contribution in [0.3, 0.4) is 0 Å². The van der Waals surface area contributed by atoms with Crippen molar-refractivity contribution < 1.29 is 9.31 Å². The van der Waals surface area contributed by atoms with Gasteiger partial charge in [-0.25, -0.2) is 0 Å². The van der Waals surface area contributed by atoms with Crippen molar-refractivity contribution >= 4 is 7.12 Å². The Labute approximate surface area is 107 Å². The Kier molecular flexibility index (Phi) is 9.44. The molecule has 0 atom stereocenters. The van der Waals surface area contributed by atoms with E-state index in [-0.39, 0.29) is 7.12 Å². The Morgan fingerprint density at radius 3 is 2.12 bits per heavy atom. The summed E-state index contributed by atoms with van der Waals surface area (Å²) < 4.78 is 10.7. The summed E-state index contributed by atoms with van der Waals surface area (Å²) in [5, 5.41) is 0. The first kappa shape index (κ1) is 14.8. The van der Waals surface area contributed by atoms with E-state index in [4.69, 9.17) is 9.31 Å². The number of hydrogen-bond donors (Lipinski definition) is 0. The van der Waals surface area contributed by atoms with E-state index in [2.05, 4.69) is 13.0 Å². The lowest BCUT2D eigenvalue weighted by Crippen LogP contribution is -2.09. The van der Waals surface area contributed by atoms with Gasteiger partial charge in [-0.15, -0.1) is 0 Å². The van der Waals surface area contributed by atoms with E-state index in [0.717, 1.165) is 19.6 Å². The largest absolute Gasteiger partial charge is 0.485 e. The Morgan fingerprint density at radius 2 is 1.47 bits per heavy atom. The molecule has 0 spiro atoms. The van der Waals surface area contributed by atoms with E-state index in [1.54, 1.807) is 0 Å². The first-order chi connectivity index (χ1) is 8.43. The van der Waals surface area contributed by atoms with Gasteiger partial charge >= 0.3 is 7.12 Å². The second-order valence-corrected chi connectivity index (χ2v) is 4.80. The van der Waals surface area contributed by atoms with Crippen LogP contribution in [-0.2, 0) is 9.31 Å². The highest BCUT2D eigenvalue weighted by Gasteiger charge is 2.18. The number of rotatable bonds is 10. The van der Waals surface area contributed by atoms with Crippen LogP contribution in [-0.4, -0.2) is 20.3 Å². The van der Waals surface area contributed by atoms with Crippen molar-refractivity contribution in [3.05, 3.63) is 12.1 Å². The predicted molar refractivity (Wildman–Crippen MR) is 74.0 cm³/mol. The van der Waals surface area contributed by atoms with Gasteiger partial charge in [-0.05, 0) is 12.8 Å². The van der Waals surface area contributed by atoms with Gasteiger partial charge < -0.3 is 9.31 Å². The smallest absolute Gasteiger partial charge is 0.405 e. The summed E-state index contributed by atoms with van der Waals surface area (Å²) in [6.45, 7) is 3.75. The summed E-state index contributed by atoms with van der Waals surface area (Å²) in [5.41, 5.74) is 0. The lowest BCUT2D eigenvalue weighted by molar-refractivity contribution is 0.365. The van der Waals surface area contributed by atoms with Gasteiger partial charge in [-0.1, -0.05) is 63.9 Å². The van der Waals surface area contributed by atoms with Crippen LogP contribution in [0, 0.1) is 0 Å². The maximum Gasteiger partial charge on any atom is 0.485 e. The van der Waals surface area contributed by atoms with Crippen LogP contribution >= 0.6 is 0 Å². The minimum absolute atomic E-state index is 0.0657. The summed E-state index contributed by atoms with van der Waals surface area (Å²) in [7, 11) is -0.0657. The molecular formula is C14H27BO2. The molecule has 0 aromatic carbocycles. The molecule has 0 N–H and O–H groups in total. The molecule has 1 fully saturated rings. The third-order valence-corrected chi connectivity index (χ3v) is 3.17. The highest BCUT2D eigenvalue weighted by atomic mass is 16.6. The minimum atomic E-state index is -0.0657.